The van der Waals surface area contributed by atoms with Crippen LogP contribution in [-0.2, 0) is 22.6 Å². The number of rotatable bonds is 6. The third kappa shape index (κ3) is 5.95. The molecule has 0 spiro atoms. The second kappa shape index (κ2) is 11.3. The number of carbonyl (C=O) groups is 2. The molecule has 0 aromatic heterocycles. The first-order chi connectivity index (χ1) is 18.0. The van der Waals surface area contributed by atoms with Crippen molar-refractivity contribution in [2.75, 3.05) is 29.4 Å². The minimum absolute atomic E-state index is 0.0313. The largest absolute Gasteiger partial charge is 0.312 e. The fourth-order valence-corrected chi connectivity index (χ4v) is 5.60. The molecule has 3 aromatic rings. The lowest BCUT2D eigenvalue weighted by Gasteiger charge is -2.38. The Hall–Kier alpha value is -3.41. The van der Waals surface area contributed by atoms with Gasteiger partial charge in [-0.25, -0.2) is 0 Å². The molecule has 3 aromatic carbocycles. The number of benzene rings is 3. The van der Waals surface area contributed by atoms with Crippen LogP contribution in [0.4, 0.5) is 11.4 Å². The Morgan fingerprint density at radius 3 is 2.49 bits per heavy atom. The SMILES string of the molecule is CC(=O)N1CCc2ccc(N(C(=O)/C=C/c3cccc(Cl)c3)C3CCN(Cc4ccccc4)CC3)cc21. The van der Waals surface area contributed by atoms with Gasteiger partial charge in [-0.15, -0.1) is 0 Å². The molecule has 2 heterocycles. The van der Waals surface area contributed by atoms with Crippen LogP contribution in [0.15, 0.2) is 78.9 Å². The molecule has 0 saturated carbocycles. The topological polar surface area (TPSA) is 43.9 Å². The summed E-state index contributed by atoms with van der Waals surface area (Å²) >= 11 is 6.14. The van der Waals surface area contributed by atoms with Crippen LogP contribution in [0, 0.1) is 0 Å². The second-order valence-corrected chi connectivity index (χ2v) is 10.3. The van der Waals surface area contributed by atoms with Crippen LogP contribution in [0.25, 0.3) is 6.08 Å². The maximum absolute atomic E-state index is 13.7. The molecule has 190 valence electrons. The van der Waals surface area contributed by atoms with Gasteiger partial charge in [0.2, 0.25) is 5.91 Å². The Labute approximate surface area is 223 Å². The predicted molar refractivity (Wildman–Crippen MR) is 151 cm³/mol. The van der Waals surface area contributed by atoms with Crippen molar-refractivity contribution in [2.24, 2.45) is 0 Å². The van der Waals surface area contributed by atoms with Gasteiger partial charge >= 0.3 is 0 Å². The molecule has 2 aliphatic heterocycles. The Balaban J connectivity index is 1.39. The van der Waals surface area contributed by atoms with E-state index in [0.717, 1.165) is 61.4 Å². The Morgan fingerprint density at radius 2 is 1.76 bits per heavy atom. The van der Waals surface area contributed by atoms with Crippen molar-refractivity contribution in [1.82, 2.24) is 4.90 Å². The molecule has 2 aliphatic rings. The molecule has 1 saturated heterocycles. The third-order valence-corrected chi connectivity index (χ3v) is 7.53. The molecule has 0 aliphatic carbocycles. The van der Waals surface area contributed by atoms with Crippen LogP contribution in [-0.4, -0.2) is 42.4 Å². The van der Waals surface area contributed by atoms with Crippen LogP contribution in [0.5, 0.6) is 0 Å². The zero-order valence-electron chi connectivity index (χ0n) is 21.1. The van der Waals surface area contributed by atoms with Crippen molar-refractivity contribution in [1.29, 1.82) is 0 Å². The first-order valence-corrected chi connectivity index (χ1v) is 13.3. The van der Waals surface area contributed by atoms with Crippen molar-refractivity contribution in [3.63, 3.8) is 0 Å². The lowest BCUT2D eigenvalue weighted by atomic mass is 10.0. The van der Waals surface area contributed by atoms with Crippen molar-refractivity contribution in [2.45, 2.75) is 38.8 Å². The zero-order chi connectivity index (χ0) is 25.8. The standard InChI is InChI=1S/C31H32ClN3O2/c1-23(36)34-19-14-26-11-12-29(21-30(26)34)35(31(37)13-10-24-8-5-9-27(32)20-24)28-15-17-33(18-16-28)22-25-6-3-2-4-7-25/h2-13,20-21,28H,14-19,22H2,1H3/b13-10+. The summed E-state index contributed by atoms with van der Waals surface area (Å²) in [7, 11) is 0. The van der Waals surface area contributed by atoms with Crippen LogP contribution in [0.3, 0.4) is 0 Å². The average molecular weight is 514 g/mol. The maximum Gasteiger partial charge on any atom is 0.251 e. The number of piperidine rings is 1. The van der Waals surface area contributed by atoms with Crippen LogP contribution in [0.1, 0.15) is 36.5 Å². The van der Waals surface area contributed by atoms with E-state index in [0.29, 0.717) is 11.6 Å². The molecule has 0 bridgehead atoms. The normalized spacial score (nSPS) is 16.2. The zero-order valence-corrected chi connectivity index (χ0v) is 21.9. The summed E-state index contributed by atoms with van der Waals surface area (Å²) in [4.78, 5) is 32.1. The highest BCUT2D eigenvalue weighted by Gasteiger charge is 2.30. The summed E-state index contributed by atoms with van der Waals surface area (Å²) in [5, 5.41) is 0.639. The van der Waals surface area contributed by atoms with E-state index in [9.17, 15) is 9.59 Å². The Morgan fingerprint density at radius 1 is 0.973 bits per heavy atom. The molecule has 0 N–H and O–H groups in total. The van der Waals surface area contributed by atoms with Crippen LogP contribution >= 0.6 is 11.6 Å². The first-order valence-electron chi connectivity index (χ1n) is 12.9. The Bertz CT molecular complexity index is 1300. The van der Waals surface area contributed by atoms with Gasteiger partial charge in [0.25, 0.3) is 5.91 Å². The third-order valence-electron chi connectivity index (χ3n) is 7.30. The van der Waals surface area contributed by atoms with Gasteiger partial charge in [-0.2, -0.15) is 0 Å². The number of carbonyl (C=O) groups excluding carboxylic acids is 2. The first kappa shape index (κ1) is 25.2. The van der Waals surface area contributed by atoms with Gasteiger partial charge in [-0.3, -0.25) is 14.5 Å². The summed E-state index contributed by atoms with van der Waals surface area (Å²) in [5.74, 6) is -0.0299. The molecule has 0 radical (unpaired) electrons. The molecule has 6 heteroatoms. The van der Waals surface area contributed by atoms with Gasteiger partial charge in [0, 0.05) is 61.6 Å². The van der Waals surface area contributed by atoms with Gasteiger partial charge in [0.05, 0.1) is 0 Å². The molecule has 5 rings (SSSR count). The summed E-state index contributed by atoms with van der Waals surface area (Å²) in [6.45, 7) is 5.05. The molecule has 0 unspecified atom stereocenters. The summed E-state index contributed by atoms with van der Waals surface area (Å²) < 4.78 is 0. The second-order valence-electron chi connectivity index (χ2n) is 9.82. The quantitative estimate of drug-likeness (QED) is 0.382. The molecule has 2 amide bonds. The van der Waals surface area contributed by atoms with E-state index in [4.69, 9.17) is 11.6 Å². The number of hydrogen-bond acceptors (Lipinski definition) is 3. The molecule has 5 nitrogen and oxygen atoms in total. The van der Waals surface area contributed by atoms with Gasteiger partial charge in [0.15, 0.2) is 0 Å². The fraction of sp³-hybridized carbons (Fsp3) is 0.290. The van der Waals surface area contributed by atoms with Gasteiger partial charge < -0.3 is 9.80 Å². The van der Waals surface area contributed by atoms with E-state index in [1.165, 1.54) is 5.56 Å². The number of anilines is 2. The fourth-order valence-electron chi connectivity index (χ4n) is 5.40. The van der Waals surface area contributed by atoms with E-state index >= 15 is 0 Å². The number of nitrogens with zero attached hydrogens (tertiary/aromatic N) is 3. The number of fused-ring (bicyclic) bond motifs is 1. The van der Waals surface area contributed by atoms with Crippen LogP contribution in [0.2, 0.25) is 5.02 Å². The van der Waals surface area contributed by atoms with E-state index in [2.05, 4.69) is 35.2 Å². The van der Waals surface area contributed by atoms with E-state index in [1.807, 2.05) is 58.3 Å². The highest BCUT2D eigenvalue weighted by molar-refractivity contribution is 6.30. The van der Waals surface area contributed by atoms with Gasteiger partial charge in [0.1, 0.15) is 0 Å². The maximum atomic E-state index is 13.7. The lowest BCUT2D eigenvalue weighted by molar-refractivity contribution is -0.116. The van der Waals surface area contributed by atoms with Crippen LogP contribution < -0.4 is 9.80 Å². The van der Waals surface area contributed by atoms with Crippen molar-refractivity contribution < 1.29 is 9.59 Å². The highest BCUT2D eigenvalue weighted by atomic mass is 35.5. The predicted octanol–water partition coefficient (Wildman–Crippen LogP) is 5.96. The van der Waals surface area contributed by atoms with E-state index in [1.54, 1.807) is 13.0 Å². The van der Waals surface area contributed by atoms with Gasteiger partial charge in [-0.1, -0.05) is 60.1 Å². The minimum atomic E-state index is -0.0613. The average Bonchev–Trinajstić information content (AvgIpc) is 3.33. The summed E-state index contributed by atoms with van der Waals surface area (Å²) in [6, 6.07) is 24.2. The van der Waals surface area contributed by atoms with E-state index in [-0.39, 0.29) is 17.9 Å². The number of amides is 2. The molecular formula is C31H32ClN3O2. The van der Waals surface area contributed by atoms with Gasteiger partial charge in [-0.05, 0) is 66.3 Å². The molecule has 1 fully saturated rings. The number of likely N-dealkylation sites (tertiary alicyclic amines) is 1. The number of halogens is 1. The van der Waals surface area contributed by atoms with Crippen molar-refractivity contribution in [3.8, 4) is 0 Å². The Kier molecular flexibility index (Phi) is 7.73. The van der Waals surface area contributed by atoms with Crippen molar-refractivity contribution >= 4 is 40.9 Å². The molecule has 37 heavy (non-hydrogen) atoms. The van der Waals surface area contributed by atoms with Crippen molar-refractivity contribution in [3.05, 3.63) is 101 Å². The summed E-state index contributed by atoms with van der Waals surface area (Å²) in [5.41, 5.74) is 5.10. The molecular weight excluding hydrogens is 482 g/mol. The number of hydrogen-bond donors (Lipinski definition) is 0. The minimum Gasteiger partial charge on any atom is -0.312 e. The highest BCUT2D eigenvalue weighted by Crippen LogP contribution is 2.34. The monoisotopic (exact) mass is 513 g/mol. The summed E-state index contributed by atoms with van der Waals surface area (Å²) in [6.07, 6.45) is 6.07. The smallest absolute Gasteiger partial charge is 0.251 e. The van der Waals surface area contributed by atoms with E-state index < -0.39 is 0 Å². The molecule has 0 atom stereocenters. The lowest BCUT2D eigenvalue weighted by Crippen LogP contribution is -2.47.